The molecule has 1 aromatic carbocycles. The lowest BCUT2D eigenvalue weighted by Gasteiger charge is -1.96. The zero-order chi connectivity index (χ0) is 8.72. The van der Waals surface area contributed by atoms with Gasteiger partial charge in [-0.15, -0.1) is 11.3 Å². The second-order valence-corrected chi connectivity index (χ2v) is 6.29. The number of nitrogens with two attached hydrogens (primary N) is 1. The summed E-state index contributed by atoms with van der Waals surface area (Å²) in [7, 11) is 0. The summed E-state index contributed by atoms with van der Waals surface area (Å²) in [6, 6.07) is 6.22. The molecule has 0 aliphatic heterocycles. The number of thiophene rings is 1. The third-order valence-corrected chi connectivity index (χ3v) is 4.15. The van der Waals surface area contributed by atoms with Crippen molar-refractivity contribution in [2.45, 2.75) is 0 Å². The molecule has 0 fully saturated rings. The molecule has 1 nitrogen and oxygen atoms in total. The Hall–Kier alpha value is 0.190. The third-order valence-electron chi connectivity index (χ3n) is 1.61. The van der Waals surface area contributed by atoms with E-state index in [2.05, 4.69) is 50.7 Å². The number of hydrogen-bond donors (Lipinski definition) is 1. The van der Waals surface area contributed by atoms with Crippen molar-refractivity contribution < 1.29 is 0 Å². The largest absolute Gasteiger partial charge is 0.398 e. The molecule has 0 unspecified atom stereocenters. The van der Waals surface area contributed by atoms with Crippen LogP contribution in [0.3, 0.4) is 0 Å². The highest BCUT2D eigenvalue weighted by atomic mass is 127. The summed E-state index contributed by atoms with van der Waals surface area (Å²) in [4.78, 5) is 0. The molecular weight excluding hydrogens is 349 g/mol. The molecule has 62 valence electrons. The Balaban J connectivity index is 2.83. The predicted octanol–water partition coefficient (Wildman–Crippen LogP) is 3.85. The SMILES string of the molecule is Nc1cc2sc(I)cc2cc1Br. The van der Waals surface area contributed by atoms with E-state index < -0.39 is 0 Å². The van der Waals surface area contributed by atoms with Gasteiger partial charge in [-0.1, -0.05) is 0 Å². The molecule has 1 heterocycles. The number of halogens is 2. The highest BCUT2D eigenvalue weighted by Crippen LogP contribution is 2.32. The van der Waals surface area contributed by atoms with E-state index in [1.807, 2.05) is 6.07 Å². The predicted molar refractivity (Wildman–Crippen MR) is 66.7 cm³/mol. The third kappa shape index (κ3) is 1.47. The quantitative estimate of drug-likeness (QED) is 0.565. The summed E-state index contributed by atoms with van der Waals surface area (Å²) in [5, 5.41) is 1.26. The maximum Gasteiger partial charge on any atom is 0.0666 e. The number of anilines is 1. The number of benzene rings is 1. The standard InChI is InChI=1S/C8H5BrINS/c9-5-1-4-2-8(10)12-7(4)3-6(5)11/h1-3H,11H2. The first-order chi connectivity index (χ1) is 5.66. The van der Waals surface area contributed by atoms with Gasteiger partial charge < -0.3 is 5.73 Å². The normalized spacial score (nSPS) is 10.8. The summed E-state index contributed by atoms with van der Waals surface area (Å²) in [6.07, 6.45) is 0. The Kier molecular flexibility index (Phi) is 2.31. The molecule has 0 spiro atoms. The molecule has 1 aromatic heterocycles. The minimum absolute atomic E-state index is 0.806. The van der Waals surface area contributed by atoms with E-state index in [1.165, 1.54) is 13.0 Å². The van der Waals surface area contributed by atoms with Crippen LogP contribution in [0.1, 0.15) is 0 Å². The minimum atomic E-state index is 0.806. The van der Waals surface area contributed by atoms with Crippen LogP contribution in [0.25, 0.3) is 10.1 Å². The van der Waals surface area contributed by atoms with Crippen molar-refractivity contribution in [3.8, 4) is 0 Å². The maximum atomic E-state index is 5.75. The lowest BCUT2D eigenvalue weighted by molar-refractivity contribution is 1.72. The van der Waals surface area contributed by atoms with Crippen LogP contribution >= 0.6 is 49.9 Å². The molecule has 0 bridgehead atoms. The molecule has 12 heavy (non-hydrogen) atoms. The van der Waals surface area contributed by atoms with Crippen molar-refractivity contribution >= 4 is 65.6 Å². The highest BCUT2D eigenvalue weighted by molar-refractivity contribution is 14.1. The van der Waals surface area contributed by atoms with Crippen molar-refractivity contribution in [3.05, 3.63) is 25.6 Å². The lowest BCUT2D eigenvalue weighted by atomic mass is 10.2. The van der Waals surface area contributed by atoms with E-state index in [9.17, 15) is 0 Å². The van der Waals surface area contributed by atoms with Crippen LogP contribution in [-0.4, -0.2) is 0 Å². The molecule has 2 rings (SSSR count). The molecule has 0 atom stereocenters. The van der Waals surface area contributed by atoms with Gasteiger partial charge in [-0.25, -0.2) is 0 Å². The van der Waals surface area contributed by atoms with Gasteiger partial charge in [0.2, 0.25) is 0 Å². The Morgan fingerprint density at radius 1 is 1.33 bits per heavy atom. The summed E-state index contributed by atoms with van der Waals surface area (Å²) in [5.74, 6) is 0. The van der Waals surface area contributed by atoms with E-state index in [-0.39, 0.29) is 0 Å². The average molecular weight is 354 g/mol. The molecule has 0 saturated heterocycles. The fourth-order valence-corrected chi connectivity index (χ4v) is 3.27. The fourth-order valence-electron chi connectivity index (χ4n) is 1.04. The summed E-state index contributed by atoms with van der Waals surface area (Å²) in [5.41, 5.74) is 6.56. The zero-order valence-corrected chi connectivity index (χ0v) is 10.5. The number of fused-ring (bicyclic) bond motifs is 1. The van der Waals surface area contributed by atoms with E-state index in [0.29, 0.717) is 0 Å². The molecular formula is C8H5BrINS. The molecule has 0 radical (unpaired) electrons. The second kappa shape index (κ2) is 3.16. The number of nitrogen functional groups attached to an aromatic ring is 1. The highest BCUT2D eigenvalue weighted by Gasteiger charge is 2.02. The monoisotopic (exact) mass is 353 g/mol. The Morgan fingerprint density at radius 3 is 2.83 bits per heavy atom. The van der Waals surface area contributed by atoms with E-state index in [4.69, 9.17) is 5.73 Å². The topological polar surface area (TPSA) is 26.0 Å². The summed E-state index contributed by atoms with van der Waals surface area (Å²) in [6.45, 7) is 0. The lowest BCUT2D eigenvalue weighted by Crippen LogP contribution is -1.84. The van der Waals surface area contributed by atoms with Crippen LogP contribution in [-0.2, 0) is 0 Å². The van der Waals surface area contributed by atoms with Crippen LogP contribution < -0.4 is 5.73 Å². The first-order valence-electron chi connectivity index (χ1n) is 3.31. The first kappa shape index (κ1) is 8.77. The van der Waals surface area contributed by atoms with Gasteiger partial charge in [0.05, 0.1) is 2.88 Å². The van der Waals surface area contributed by atoms with Gasteiger partial charge in [0, 0.05) is 14.9 Å². The van der Waals surface area contributed by atoms with Crippen LogP contribution in [0, 0.1) is 2.88 Å². The average Bonchev–Trinajstić information content (AvgIpc) is 2.30. The molecule has 0 amide bonds. The second-order valence-electron chi connectivity index (χ2n) is 2.46. The fraction of sp³-hybridized carbons (Fsp3) is 0. The van der Waals surface area contributed by atoms with Gasteiger partial charge >= 0.3 is 0 Å². The van der Waals surface area contributed by atoms with Gasteiger partial charge in [-0.05, 0) is 62.1 Å². The minimum Gasteiger partial charge on any atom is -0.398 e. The van der Waals surface area contributed by atoms with E-state index >= 15 is 0 Å². The first-order valence-corrected chi connectivity index (χ1v) is 6.00. The van der Waals surface area contributed by atoms with E-state index in [1.54, 1.807) is 11.3 Å². The molecule has 0 saturated carbocycles. The van der Waals surface area contributed by atoms with Gasteiger partial charge in [-0.3, -0.25) is 0 Å². The van der Waals surface area contributed by atoms with Crippen LogP contribution in [0.4, 0.5) is 5.69 Å². The van der Waals surface area contributed by atoms with Gasteiger partial charge in [0.1, 0.15) is 0 Å². The van der Waals surface area contributed by atoms with Crippen molar-refractivity contribution in [3.63, 3.8) is 0 Å². The Morgan fingerprint density at radius 2 is 2.08 bits per heavy atom. The van der Waals surface area contributed by atoms with Gasteiger partial charge in [0.25, 0.3) is 0 Å². The van der Waals surface area contributed by atoms with Crippen LogP contribution in [0.5, 0.6) is 0 Å². The number of rotatable bonds is 0. The molecule has 2 N–H and O–H groups in total. The van der Waals surface area contributed by atoms with Crippen molar-refractivity contribution in [1.29, 1.82) is 0 Å². The molecule has 4 heteroatoms. The summed E-state index contributed by atoms with van der Waals surface area (Å²) >= 11 is 7.48. The maximum absolute atomic E-state index is 5.75. The smallest absolute Gasteiger partial charge is 0.0666 e. The molecule has 2 aromatic rings. The zero-order valence-electron chi connectivity index (χ0n) is 5.97. The Labute approximate surface area is 96.2 Å². The van der Waals surface area contributed by atoms with Crippen molar-refractivity contribution in [2.75, 3.05) is 5.73 Å². The number of hydrogen-bond acceptors (Lipinski definition) is 2. The van der Waals surface area contributed by atoms with Crippen molar-refractivity contribution in [1.82, 2.24) is 0 Å². The molecule has 0 aliphatic rings. The van der Waals surface area contributed by atoms with Crippen LogP contribution in [0.15, 0.2) is 22.7 Å². The van der Waals surface area contributed by atoms with Crippen LogP contribution in [0.2, 0.25) is 0 Å². The van der Waals surface area contributed by atoms with Gasteiger partial charge in [0.15, 0.2) is 0 Å². The van der Waals surface area contributed by atoms with Gasteiger partial charge in [-0.2, -0.15) is 0 Å². The molecule has 0 aliphatic carbocycles. The van der Waals surface area contributed by atoms with Crippen molar-refractivity contribution in [2.24, 2.45) is 0 Å². The Bertz CT molecular complexity index is 399. The summed E-state index contributed by atoms with van der Waals surface area (Å²) < 4.78 is 3.52. The van der Waals surface area contributed by atoms with E-state index in [0.717, 1.165) is 10.2 Å².